The molecule has 0 aliphatic heterocycles. The number of hydrogen-bond donors (Lipinski definition) is 2. The lowest BCUT2D eigenvalue weighted by atomic mass is 9.88. The largest absolute Gasteiger partial charge is 0.460 e. The summed E-state index contributed by atoms with van der Waals surface area (Å²) >= 11 is 0. The SMILES string of the molecule is O=C(CNC(=O)OCc1ccccc1)NCCC(F)(F)C(F)(F)C(F)(F)C(F)(F)C(F)(F)C(F)(F)C(F)(F)C(F)(F)F. The lowest BCUT2D eigenvalue weighted by Crippen LogP contribution is -2.74. The van der Waals surface area contributed by atoms with E-state index < -0.39 is 79.1 Å². The molecule has 2 N–H and O–H groups in total. The number of carbonyl (C=O) groups is 2. The average Bonchev–Trinajstić information content (AvgIpc) is 2.85. The minimum absolute atomic E-state index is 0.340. The number of amides is 2. The summed E-state index contributed by atoms with van der Waals surface area (Å²) in [5, 5.41) is 2.98. The van der Waals surface area contributed by atoms with E-state index in [0.29, 0.717) is 5.56 Å². The molecule has 2 amide bonds. The highest BCUT2D eigenvalue weighted by Crippen LogP contribution is 2.64. The minimum Gasteiger partial charge on any atom is -0.445 e. The van der Waals surface area contributed by atoms with Gasteiger partial charge in [0.2, 0.25) is 5.91 Å². The van der Waals surface area contributed by atoms with Crippen LogP contribution in [0.1, 0.15) is 12.0 Å². The quantitative estimate of drug-likeness (QED) is 0.241. The van der Waals surface area contributed by atoms with Crippen molar-refractivity contribution in [3.8, 4) is 0 Å². The third-order valence-corrected chi connectivity index (χ3v) is 5.15. The summed E-state index contributed by atoms with van der Waals surface area (Å²) in [6, 6.07) is 7.70. The van der Waals surface area contributed by atoms with Crippen molar-refractivity contribution in [2.24, 2.45) is 0 Å². The van der Waals surface area contributed by atoms with Crippen LogP contribution in [0.25, 0.3) is 0 Å². The third kappa shape index (κ3) is 6.55. The van der Waals surface area contributed by atoms with E-state index in [1.54, 1.807) is 23.5 Å². The van der Waals surface area contributed by atoms with Gasteiger partial charge in [0.05, 0.1) is 6.54 Å². The van der Waals surface area contributed by atoms with E-state index in [1.807, 2.05) is 0 Å². The van der Waals surface area contributed by atoms with Gasteiger partial charge in [0.1, 0.15) is 6.61 Å². The first-order chi connectivity index (χ1) is 18.6. The number of benzene rings is 1. The summed E-state index contributed by atoms with van der Waals surface area (Å²) in [5.74, 6) is -58.6. The first-order valence-corrected chi connectivity index (χ1v) is 10.5. The molecular formula is C20H15F17N2O3. The van der Waals surface area contributed by atoms with Crippen molar-refractivity contribution < 1.29 is 89.0 Å². The molecule has 242 valence electrons. The van der Waals surface area contributed by atoms with Gasteiger partial charge in [-0.1, -0.05) is 30.3 Å². The molecule has 0 bridgehead atoms. The van der Waals surface area contributed by atoms with Gasteiger partial charge in [0.15, 0.2) is 0 Å². The van der Waals surface area contributed by atoms with Gasteiger partial charge in [-0.05, 0) is 5.56 Å². The van der Waals surface area contributed by atoms with Crippen LogP contribution in [0.3, 0.4) is 0 Å². The fraction of sp³-hybridized carbons (Fsp3) is 0.600. The van der Waals surface area contributed by atoms with Crippen LogP contribution < -0.4 is 10.6 Å². The number of alkyl carbamates (subject to hydrolysis) is 1. The maximum Gasteiger partial charge on any atom is 0.460 e. The van der Waals surface area contributed by atoms with Crippen LogP contribution in [0.2, 0.25) is 0 Å². The monoisotopic (exact) mass is 654 g/mol. The summed E-state index contributed by atoms with van der Waals surface area (Å²) < 4.78 is 229. The highest BCUT2D eigenvalue weighted by atomic mass is 19.4. The van der Waals surface area contributed by atoms with Crippen LogP contribution in [-0.2, 0) is 16.1 Å². The van der Waals surface area contributed by atoms with Gasteiger partial charge in [0, 0.05) is 13.0 Å². The molecule has 0 fully saturated rings. The van der Waals surface area contributed by atoms with Gasteiger partial charge < -0.3 is 15.4 Å². The normalized spacial score (nSPS) is 14.4. The zero-order valence-electron chi connectivity index (χ0n) is 19.9. The van der Waals surface area contributed by atoms with Crippen molar-refractivity contribution in [3.05, 3.63) is 35.9 Å². The Morgan fingerprint density at radius 2 is 1.02 bits per heavy atom. The molecule has 1 aromatic rings. The standard InChI is InChI=1S/C20H15F17N2O3/c21-13(22,6-7-38-11(40)8-39-12(41)42-9-10-4-2-1-3-5-10)14(23,24)15(25,26)16(27,28)17(29,30)18(31,32)19(33,34)20(35,36)37/h1-5H,6-9H2,(H,38,40)(H,39,41). The van der Waals surface area contributed by atoms with Crippen molar-refractivity contribution in [1.82, 2.24) is 10.6 Å². The Morgan fingerprint density at radius 1 is 0.595 bits per heavy atom. The number of rotatable bonds is 13. The van der Waals surface area contributed by atoms with Gasteiger partial charge in [0.25, 0.3) is 0 Å². The highest BCUT2D eigenvalue weighted by molar-refractivity contribution is 5.82. The smallest absolute Gasteiger partial charge is 0.445 e. The number of nitrogens with one attached hydrogen (secondary N) is 2. The van der Waals surface area contributed by atoms with Gasteiger partial charge in [-0.3, -0.25) is 4.79 Å². The average molecular weight is 654 g/mol. The Balaban J connectivity index is 2.95. The summed E-state index contributed by atoms with van der Waals surface area (Å²) in [6.45, 7) is -3.37. The number of ether oxygens (including phenoxy) is 1. The second-order valence-corrected chi connectivity index (χ2v) is 8.16. The molecule has 0 heterocycles. The molecule has 1 rings (SSSR count). The molecule has 22 heteroatoms. The van der Waals surface area contributed by atoms with E-state index in [4.69, 9.17) is 0 Å². The zero-order chi connectivity index (χ0) is 33.2. The lowest BCUT2D eigenvalue weighted by molar-refractivity contribution is -0.461. The fourth-order valence-corrected chi connectivity index (χ4v) is 2.70. The van der Waals surface area contributed by atoms with Gasteiger partial charge in [-0.2, -0.15) is 74.6 Å². The molecule has 0 aliphatic rings. The molecule has 0 saturated carbocycles. The minimum atomic E-state index is -8.71. The van der Waals surface area contributed by atoms with Crippen LogP contribution in [0, 0.1) is 0 Å². The molecule has 0 aromatic heterocycles. The molecule has 1 aromatic carbocycles. The molecule has 0 radical (unpaired) electrons. The van der Waals surface area contributed by atoms with Gasteiger partial charge in [-0.15, -0.1) is 0 Å². The second-order valence-electron chi connectivity index (χ2n) is 8.16. The molecule has 0 spiro atoms. The maximum atomic E-state index is 13.8. The number of carbonyl (C=O) groups excluding carboxylic acids is 2. The molecule has 5 nitrogen and oxygen atoms in total. The van der Waals surface area contributed by atoms with E-state index >= 15 is 0 Å². The molecule has 42 heavy (non-hydrogen) atoms. The maximum absolute atomic E-state index is 13.8. The fourth-order valence-electron chi connectivity index (χ4n) is 2.70. The Hall–Kier alpha value is -3.23. The number of halogens is 17. The Bertz CT molecular complexity index is 1090. The van der Waals surface area contributed by atoms with Crippen LogP contribution in [0.5, 0.6) is 0 Å². The first-order valence-electron chi connectivity index (χ1n) is 10.5. The molecule has 0 saturated heterocycles. The van der Waals surface area contributed by atoms with Crippen LogP contribution in [-0.4, -0.2) is 72.7 Å². The van der Waals surface area contributed by atoms with Crippen LogP contribution in [0.15, 0.2) is 30.3 Å². The van der Waals surface area contributed by atoms with Gasteiger partial charge in [-0.25, -0.2) is 4.79 Å². The Morgan fingerprint density at radius 3 is 1.48 bits per heavy atom. The van der Waals surface area contributed by atoms with Crippen molar-refractivity contribution in [3.63, 3.8) is 0 Å². The predicted octanol–water partition coefficient (Wildman–Crippen LogP) is 6.43. The molecule has 0 unspecified atom stereocenters. The van der Waals surface area contributed by atoms with E-state index in [-0.39, 0.29) is 6.61 Å². The molecular weight excluding hydrogens is 639 g/mol. The van der Waals surface area contributed by atoms with Crippen LogP contribution in [0.4, 0.5) is 79.4 Å². The van der Waals surface area contributed by atoms with Crippen molar-refractivity contribution in [1.29, 1.82) is 0 Å². The van der Waals surface area contributed by atoms with Crippen molar-refractivity contribution in [2.45, 2.75) is 60.7 Å². The summed E-state index contributed by atoms with van der Waals surface area (Å²) in [5.41, 5.74) is 0.457. The summed E-state index contributed by atoms with van der Waals surface area (Å²) in [7, 11) is 0. The first kappa shape index (κ1) is 36.8. The third-order valence-electron chi connectivity index (χ3n) is 5.15. The Labute approximate surface area is 222 Å². The summed E-state index contributed by atoms with van der Waals surface area (Å²) in [4.78, 5) is 23.0. The molecule has 0 atom stereocenters. The van der Waals surface area contributed by atoms with Crippen molar-refractivity contribution >= 4 is 12.0 Å². The van der Waals surface area contributed by atoms with Gasteiger partial charge >= 0.3 is 53.7 Å². The number of alkyl halides is 17. The van der Waals surface area contributed by atoms with E-state index in [2.05, 4.69) is 4.74 Å². The highest BCUT2D eigenvalue weighted by Gasteiger charge is 2.95. The number of hydrogen-bond acceptors (Lipinski definition) is 3. The molecule has 0 aliphatic carbocycles. The van der Waals surface area contributed by atoms with E-state index in [1.165, 1.54) is 17.4 Å². The topological polar surface area (TPSA) is 67.4 Å². The zero-order valence-corrected chi connectivity index (χ0v) is 19.9. The predicted molar refractivity (Wildman–Crippen MR) is 103 cm³/mol. The lowest BCUT2D eigenvalue weighted by Gasteiger charge is -2.42. The van der Waals surface area contributed by atoms with Crippen LogP contribution >= 0.6 is 0 Å². The Kier molecular flexibility index (Phi) is 10.3. The van der Waals surface area contributed by atoms with E-state index in [9.17, 15) is 84.2 Å². The van der Waals surface area contributed by atoms with Crippen molar-refractivity contribution in [2.75, 3.05) is 13.1 Å². The summed E-state index contributed by atoms with van der Waals surface area (Å²) in [6.07, 6.45) is -12.0. The van der Waals surface area contributed by atoms with E-state index in [0.717, 1.165) is 0 Å². The second kappa shape index (κ2) is 11.8.